The number of hydrogen-bond donors (Lipinski definition) is 0. The summed E-state index contributed by atoms with van der Waals surface area (Å²) in [5.74, 6) is 0. The Morgan fingerprint density at radius 3 is 1.60 bits per heavy atom. The molecule has 1 heterocycles. The maximum atomic E-state index is 2.50. The minimum atomic E-state index is -0.0235. The van der Waals surface area contributed by atoms with Gasteiger partial charge in [-0.05, 0) is 99.8 Å². The van der Waals surface area contributed by atoms with Gasteiger partial charge < -0.3 is 4.57 Å². The van der Waals surface area contributed by atoms with Gasteiger partial charge in [0.05, 0.1) is 5.52 Å². The lowest BCUT2D eigenvalue weighted by molar-refractivity contribution is 0.411. The van der Waals surface area contributed by atoms with Gasteiger partial charge in [0, 0.05) is 21.8 Å². The summed E-state index contributed by atoms with van der Waals surface area (Å²) in [6, 6.07) is 38.9. The fourth-order valence-corrected chi connectivity index (χ4v) is 6.78. The first-order chi connectivity index (χ1) is 19.1. The monoisotopic (exact) mass is 519 g/mol. The van der Waals surface area contributed by atoms with E-state index in [9.17, 15) is 0 Å². The molecule has 0 aliphatic carbocycles. The molecule has 1 heteroatoms. The molecule has 6 aromatic carbocycles. The van der Waals surface area contributed by atoms with Gasteiger partial charge in [0.25, 0.3) is 0 Å². The minimum Gasteiger partial charge on any atom is -0.335 e. The summed E-state index contributed by atoms with van der Waals surface area (Å²) in [4.78, 5) is 0. The highest BCUT2D eigenvalue weighted by atomic mass is 15.0. The van der Waals surface area contributed by atoms with Gasteiger partial charge in [0.15, 0.2) is 0 Å². The van der Waals surface area contributed by atoms with Crippen LogP contribution in [-0.4, -0.2) is 4.57 Å². The van der Waals surface area contributed by atoms with Crippen LogP contribution in [0.2, 0.25) is 0 Å². The molecule has 0 spiro atoms. The average molecular weight is 520 g/mol. The Bertz CT molecular complexity index is 2070. The van der Waals surface area contributed by atoms with Crippen molar-refractivity contribution in [2.75, 3.05) is 0 Å². The summed E-state index contributed by atoms with van der Waals surface area (Å²) in [5.41, 5.74) is 6.74. The molecular formula is C39H37N. The van der Waals surface area contributed by atoms with Gasteiger partial charge >= 0.3 is 0 Å². The van der Waals surface area contributed by atoms with Crippen molar-refractivity contribution in [1.29, 1.82) is 0 Å². The van der Waals surface area contributed by atoms with E-state index in [-0.39, 0.29) is 11.0 Å². The quantitative estimate of drug-likeness (QED) is 0.200. The third-order valence-electron chi connectivity index (χ3n) is 8.31. The molecule has 0 aliphatic rings. The SMILES string of the molecule is CC(C)(C)Cc1ccc2c3ccc(-c4ccc5c6ccccc6n(C(C)(C)C)c5c4)cc3c3ccccc3c2c1. The Hall–Kier alpha value is -4.10. The number of fused-ring (bicyclic) bond motifs is 9. The average Bonchev–Trinajstić information content (AvgIpc) is 3.26. The highest BCUT2D eigenvalue weighted by Gasteiger charge is 2.21. The van der Waals surface area contributed by atoms with Crippen molar-refractivity contribution in [3.63, 3.8) is 0 Å². The van der Waals surface area contributed by atoms with Gasteiger partial charge in [-0.1, -0.05) is 106 Å². The van der Waals surface area contributed by atoms with Crippen molar-refractivity contribution in [3.8, 4) is 11.1 Å². The Balaban J connectivity index is 1.47. The van der Waals surface area contributed by atoms with Gasteiger partial charge in [-0.15, -0.1) is 0 Å². The minimum absolute atomic E-state index is 0.0235. The first-order valence-electron chi connectivity index (χ1n) is 14.5. The van der Waals surface area contributed by atoms with Crippen molar-refractivity contribution < 1.29 is 0 Å². The first-order valence-corrected chi connectivity index (χ1v) is 14.5. The molecule has 0 saturated heterocycles. The zero-order valence-corrected chi connectivity index (χ0v) is 24.5. The number of rotatable bonds is 2. The molecule has 0 amide bonds. The Kier molecular flexibility index (Phi) is 5.42. The molecule has 0 atom stereocenters. The topological polar surface area (TPSA) is 4.93 Å². The third kappa shape index (κ3) is 3.99. The molecule has 0 fully saturated rings. The molecule has 0 aliphatic heterocycles. The number of hydrogen-bond acceptors (Lipinski definition) is 0. The smallest absolute Gasteiger partial charge is 0.0502 e. The van der Waals surface area contributed by atoms with E-state index in [1.54, 1.807) is 0 Å². The molecule has 7 rings (SSSR count). The van der Waals surface area contributed by atoms with E-state index in [1.807, 2.05) is 0 Å². The summed E-state index contributed by atoms with van der Waals surface area (Å²) >= 11 is 0. The van der Waals surface area contributed by atoms with Crippen LogP contribution in [0.1, 0.15) is 47.1 Å². The van der Waals surface area contributed by atoms with Crippen molar-refractivity contribution >= 4 is 54.1 Å². The molecule has 1 nitrogen and oxygen atoms in total. The van der Waals surface area contributed by atoms with E-state index in [4.69, 9.17) is 0 Å². The molecule has 0 N–H and O–H groups in total. The van der Waals surface area contributed by atoms with E-state index >= 15 is 0 Å². The van der Waals surface area contributed by atoms with Crippen LogP contribution < -0.4 is 0 Å². The van der Waals surface area contributed by atoms with Gasteiger partial charge in [0.2, 0.25) is 0 Å². The van der Waals surface area contributed by atoms with Gasteiger partial charge in [0.1, 0.15) is 0 Å². The zero-order valence-electron chi connectivity index (χ0n) is 24.5. The summed E-state index contributed by atoms with van der Waals surface area (Å²) in [5, 5.41) is 10.6. The summed E-state index contributed by atoms with van der Waals surface area (Å²) in [6.45, 7) is 13.8. The maximum Gasteiger partial charge on any atom is 0.0502 e. The first kappa shape index (κ1) is 24.9. The van der Waals surface area contributed by atoms with E-state index in [1.165, 1.54) is 70.8 Å². The van der Waals surface area contributed by atoms with Crippen LogP contribution in [-0.2, 0) is 12.0 Å². The van der Waals surface area contributed by atoms with E-state index in [2.05, 4.69) is 149 Å². The second-order valence-corrected chi connectivity index (χ2v) is 13.7. The zero-order chi connectivity index (χ0) is 27.8. The molecule has 198 valence electrons. The Morgan fingerprint density at radius 1 is 0.450 bits per heavy atom. The molecule has 0 saturated carbocycles. The number of aromatic nitrogens is 1. The van der Waals surface area contributed by atoms with Crippen LogP contribution in [0.3, 0.4) is 0 Å². The van der Waals surface area contributed by atoms with Crippen LogP contribution in [0, 0.1) is 5.41 Å². The van der Waals surface area contributed by atoms with Crippen molar-refractivity contribution in [2.24, 2.45) is 5.41 Å². The van der Waals surface area contributed by atoms with Crippen molar-refractivity contribution in [1.82, 2.24) is 4.57 Å². The lowest BCUT2D eigenvalue weighted by Crippen LogP contribution is -2.21. The Labute approximate surface area is 237 Å². The van der Waals surface area contributed by atoms with Gasteiger partial charge in [-0.25, -0.2) is 0 Å². The number of para-hydroxylation sites is 1. The fraction of sp³-hybridized carbons (Fsp3) is 0.231. The highest BCUT2D eigenvalue weighted by molar-refractivity contribution is 6.26. The largest absolute Gasteiger partial charge is 0.335 e. The number of nitrogens with zero attached hydrogens (tertiary/aromatic N) is 1. The normalized spacial score (nSPS) is 12.8. The van der Waals surface area contributed by atoms with Crippen molar-refractivity contribution in [2.45, 2.75) is 53.5 Å². The fourth-order valence-electron chi connectivity index (χ4n) is 6.78. The Morgan fingerprint density at radius 2 is 0.950 bits per heavy atom. The van der Waals surface area contributed by atoms with Crippen LogP contribution in [0.25, 0.3) is 65.3 Å². The highest BCUT2D eigenvalue weighted by Crippen LogP contribution is 2.40. The summed E-state index contributed by atoms with van der Waals surface area (Å²) in [7, 11) is 0. The van der Waals surface area contributed by atoms with Crippen LogP contribution in [0.15, 0.2) is 103 Å². The maximum absolute atomic E-state index is 2.50. The van der Waals surface area contributed by atoms with E-state index < -0.39 is 0 Å². The van der Waals surface area contributed by atoms with Crippen LogP contribution in [0.4, 0.5) is 0 Å². The van der Waals surface area contributed by atoms with Gasteiger partial charge in [-0.3, -0.25) is 0 Å². The van der Waals surface area contributed by atoms with E-state index in [0.717, 1.165) is 6.42 Å². The lowest BCUT2D eigenvalue weighted by Gasteiger charge is -2.24. The molecule has 0 radical (unpaired) electrons. The van der Waals surface area contributed by atoms with Crippen LogP contribution in [0.5, 0.6) is 0 Å². The number of benzene rings is 6. The molecule has 0 bridgehead atoms. The summed E-state index contributed by atoms with van der Waals surface area (Å²) in [6.07, 6.45) is 1.07. The molecule has 7 aromatic rings. The predicted octanol–water partition coefficient (Wildman–Crippen LogP) is 11.3. The van der Waals surface area contributed by atoms with E-state index in [0.29, 0.717) is 0 Å². The van der Waals surface area contributed by atoms with Crippen LogP contribution >= 0.6 is 0 Å². The van der Waals surface area contributed by atoms with Crippen molar-refractivity contribution in [3.05, 3.63) is 109 Å². The summed E-state index contributed by atoms with van der Waals surface area (Å²) < 4.78 is 2.50. The predicted molar refractivity (Wildman–Crippen MR) is 176 cm³/mol. The molecular weight excluding hydrogens is 482 g/mol. The molecule has 40 heavy (non-hydrogen) atoms. The standard InChI is InChI=1S/C39H37N/c1-38(2,3)24-25-15-18-30-31-19-16-26(22-35(31)29-12-8-7-11-28(29)34(30)21-25)27-17-20-33-32-13-9-10-14-36(32)40(37(33)23-27)39(4,5)6/h7-23H,24H2,1-6H3. The molecule has 1 aromatic heterocycles. The second-order valence-electron chi connectivity index (χ2n) is 13.7. The lowest BCUT2D eigenvalue weighted by atomic mass is 9.86. The second kappa shape index (κ2) is 8.70. The molecule has 0 unspecified atom stereocenters. The van der Waals surface area contributed by atoms with Gasteiger partial charge in [-0.2, -0.15) is 0 Å². The third-order valence-corrected chi connectivity index (χ3v) is 8.31.